The molecule has 23 heavy (non-hydrogen) atoms. The SMILES string of the molecule is CC1NCC(C(C)(C)CCC2CC(C(C)(C)C)CCN2)CN1C. The number of rotatable bonds is 4. The topological polar surface area (TPSA) is 27.3 Å². The quantitative estimate of drug-likeness (QED) is 0.826. The predicted molar refractivity (Wildman–Crippen MR) is 101 cm³/mol. The molecular weight excluding hydrogens is 282 g/mol. The molecule has 3 nitrogen and oxygen atoms in total. The van der Waals surface area contributed by atoms with Gasteiger partial charge in [0.1, 0.15) is 0 Å². The van der Waals surface area contributed by atoms with Gasteiger partial charge in [0.15, 0.2) is 0 Å². The fourth-order valence-electron chi connectivity index (χ4n) is 4.33. The summed E-state index contributed by atoms with van der Waals surface area (Å²) >= 11 is 0. The Hall–Kier alpha value is -0.120. The van der Waals surface area contributed by atoms with Crippen LogP contribution in [-0.2, 0) is 0 Å². The third-order valence-electron chi connectivity index (χ3n) is 6.79. The fourth-order valence-corrected chi connectivity index (χ4v) is 4.33. The highest BCUT2D eigenvalue weighted by Gasteiger charge is 2.36. The van der Waals surface area contributed by atoms with Gasteiger partial charge in [-0.05, 0) is 68.9 Å². The lowest BCUT2D eigenvalue weighted by Crippen LogP contribution is -2.55. The Labute approximate surface area is 145 Å². The maximum absolute atomic E-state index is 3.79. The van der Waals surface area contributed by atoms with Crippen molar-refractivity contribution in [2.45, 2.75) is 79.4 Å². The first-order valence-electron chi connectivity index (χ1n) is 9.76. The Morgan fingerprint density at radius 3 is 2.35 bits per heavy atom. The number of nitrogens with one attached hydrogen (secondary N) is 2. The third kappa shape index (κ3) is 5.17. The molecule has 0 aromatic heterocycles. The Balaban J connectivity index is 1.84. The van der Waals surface area contributed by atoms with E-state index in [4.69, 9.17) is 0 Å². The Morgan fingerprint density at radius 2 is 1.74 bits per heavy atom. The average Bonchev–Trinajstić information content (AvgIpc) is 2.47. The van der Waals surface area contributed by atoms with Gasteiger partial charge in [-0.25, -0.2) is 0 Å². The smallest absolute Gasteiger partial charge is 0.0565 e. The second kappa shape index (κ2) is 7.41. The summed E-state index contributed by atoms with van der Waals surface area (Å²) in [6.07, 6.45) is 5.89. The van der Waals surface area contributed by atoms with Crippen molar-refractivity contribution in [3.63, 3.8) is 0 Å². The standard InChI is InChI=1S/C20H41N3/c1-15-22-13-17(14-23(15)7)20(5,6)10-8-18-12-16(9-11-21-18)19(2,3)4/h15-18,21-22H,8-14H2,1-7H3. The van der Waals surface area contributed by atoms with Crippen LogP contribution in [-0.4, -0.2) is 43.8 Å². The largest absolute Gasteiger partial charge is 0.314 e. The second-order valence-electron chi connectivity index (χ2n) is 9.99. The molecule has 0 saturated carbocycles. The third-order valence-corrected chi connectivity index (χ3v) is 6.79. The van der Waals surface area contributed by atoms with Gasteiger partial charge in [0.05, 0.1) is 6.17 Å². The maximum atomic E-state index is 3.79. The summed E-state index contributed by atoms with van der Waals surface area (Å²) in [4.78, 5) is 2.46. The van der Waals surface area contributed by atoms with Crippen LogP contribution in [0.15, 0.2) is 0 Å². The summed E-state index contributed by atoms with van der Waals surface area (Å²) < 4.78 is 0. The number of hydrogen-bond acceptors (Lipinski definition) is 3. The summed E-state index contributed by atoms with van der Waals surface area (Å²) in [5.41, 5.74) is 0.875. The van der Waals surface area contributed by atoms with Crippen LogP contribution < -0.4 is 10.6 Å². The van der Waals surface area contributed by atoms with Gasteiger partial charge in [0, 0.05) is 19.1 Å². The monoisotopic (exact) mass is 323 g/mol. The lowest BCUT2D eigenvalue weighted by molar-refractivity contribution is 0.0572. The van der Waals surface area contributed by atoms with Crippen molar-refractivity contribution in [3.8, 4) is 0 Å². The number of piperidine rings is 1. The van der Waals surface area contributed by atoms with E-state index in [1.165, 1.54) is 45.3 Å². The molecule has 2 N–H and O–H groups in total. The zero-order valence-electron chi connectivity index (χ0n) is 16.7. The molecular formula is C20H41N3. The van der Waals surface area contributed by atoms with Crippen LogP contribution in [0.5, 0.6) is 0 Å². The van der Waals surface area contributed by atoms with Crippen LogP contribution in [0.1, 0.15) is 67.2 Å². The molecule has 4 unspecified atom stereocenters. The summed E-state index contributed by atoms with van der Waals surface area (Å²) in [5.74, 6) is 1.63. The van der Waals surface area contributed by atoms with E-state index in [2.05, 4.69) is 64.1 Å². The number of nitrogens with zero attached hydrogens (tertiary/aromatic N) is 1. The van der Waals surface area contributed by atoms with E-state index < -0.39 is 0 Å². The van der Waals surface area contributed by atoms with Crippen molar-refractivity contribution in [2.75, 3.05) is 26.7 Å². The van der Waals surface area contributed by atoms with Crippen molar-refractivity contribution >= 4 is 0 Å². The van der Waals surface area contributed by atoms with Gasteiger partial charge in [-0.15, -0.1) is 0 Å². The van der Waals surface area contributed by atoms with Gasteiger partial charge in [-0.3, -0.25) is 4.90 Å². The molecule has 0 amide bonds. The van der Waals surface area contributed by atoms with E-state index in [-0.39, 0.29) is 0 Å². The van der Waals surface area contributed by atoms with E-state index in [0.717, 1.165) is 17.9 Å². The van der Waals surface area contributed by atoms with Gasteiger partial charge < -0.3 is 10.6 Å². The van der Waals surface area contributed by atoms with Gasteiger partial charge >= 0.3 is 0 Å². The molecule has 2 saturated heterocycles. The lowest BCUT2D eigenvalue weighted by Gasteiger charge is -2.45. The minimum Gasteiger partial charge on any atom is -0.314 e. The molecule has 2 rings (SSSR count). The molecule has 4 atom stereocenters. The zero-order chi connectivity index (χ0) is 17.3. The normalized spacial score (nSPS) is 34.6. The highest BCUT2D eigenvalue weighted by molar-refractivity contribution is 4.90. The van der Waals surface area contributed by atoms with Crippen LogP contribution in [0, 0.1) is 22.7 Å². The van der Waals surface area contributed by atoms with Crippen LogP contribution in [0.3, 0.4) is 0 Å². The minimum atomic E-state index is 0.414. The lowest BCUT2D eigenvalue weighted by atomic mass is 9.70. The molecule has 2 aliphatic heterocycles. The molecule has 136 valence electrons. The second-order valence-corrected chi connectivity index (χ2v) is 9.99. The first-order valence-corrected chi connectivity index (χ1v) is 9.76. The molecule has 0 aliphatic carbocycles. The maximum Gasteiger partial charge on any atom is 0.0565 e. The molecule has 0 aromatic rings. The average molecular weight is 324 g/mol. The first-order chi connectivity index (χ1) is 10.6. The van der Waals surface area contributed by atoms with E-state index in [9.17, 15) is 0 Å². The van der Waals surface area contributed by atoms with E-state index in [1.54, 1.807) is 0 Å². The zero-order valence-corrected chi connectivity index (χ0v) is 16.7. The molecule has 0 spiro atoms. The van der Waals surface area contributed by atoms with E-state index in [0.29, 0.717) is 17.0 Å². The Bertz CT molecular complexity index is 372. The molecule has 0 radical (unpaired) electrons. The minimum absolute atomic E-state index is 0.414. The van der Waals surface area contributed by atoms with Crippen molar-refractivity contribution in [2.24, 2.45) is 22.7 Å². The van der Waals surface area contributed by atoms with Crippen LogP contribution in [0.2, 0.25) is 0 Å². The first kappa shape index (κ1) is 19.2. The van der Waals surface area contributed by atoms with Gasteiger partial charge in [-0.1, -0.05) is 34.6 Å². The van der Waals surface area contributed by atoms with Crippen molar-refractivity contribution in [3.05, 3.63) is 0 Å². The summed E-state index contributed by atoms with van der Waals surface area (Å²) in [5, 5.41) is 7.45. The van der Waals surface area contributed by atoms with Gasteiger partial charge in [-0.2, -0.15) is 0 Å². The molecule has 0 aromatic carbocycles. The van der Waals surface area contributed by atoms with Crippen molar-refractivity contribution in [1.29, 1.82) is 0 Å². The summed E-state index contributed by atoms with van der Waals surface area (Å²) in [6.45, 7) is 18.1. The predicted octanol–water partition coefficient (Wildman–Crippen LogP) is 3.70. The van der Waals surface area contributed by atoms with Crippen LogP contribution >= 0.6 is 0 Å². The molecule has 3 heteroatoms. The summed E-state index contributed by atoms with van der Waals surface area (Å²) in [6, 6.07) is 0.723. The van der Waals surface area contributed by atoms with Gasteiger partial charge in [0.25, 0.3) is 0 Å². The van der Waals surface area contributed by atoms with Crippen molar-refractivity contribution < 1.29 is 0 Å². The Morgan fingerprint density at radius 1 is 1.04 bits per heavy atom. The molecule has 2 heterocycles. The van der Waals surface area contributed by atoms with Crippen molar-refractivity contribution in [1.82, 2.24) is 15.5 Å². The number of hydrogen-bond donors (Lipinski definition) is 2. The molecule has 2 fully saturated rings. The molecule has 0 bridgehead atoms. The van der Waals surface area contributed by atoms with E-state index >= 15 is 0 Å². The van der Waals surface area contributed by atoms with Crippen LogP contribution in [0.4, 0.5) is 0 Å². The van der Waals surface area contributed by atoms with E-state index in [1.807, 2.05) is 0 Å². The summed E-state index contributed by atoms with van der Waals surface area (Å²) in [7, 11) is 2.25. The highest BCUT2D eigenvalue weighted by atomic mass is 15.3. The highest BCUT2D eigenvalue weighted by Crippen LogP contribution is 2.38. The van der Waals surface area contributed by atoms with Gasteiger partial charge in [0.2, 0.25) is 0 Å². The fraction of sp³-hybridized carbons (Fsp3) is 1.00. The van der Waals surface area contributed by atoms with Crippen LogP contribution in [0.25, 0.3) is 0 Å². The molecule has 2 aliphatic rings. The Kier molecular flexibility index (Phi) is 6.19.